The van der Waals surface area contributed by atoms with Crippen molar-refractivity contribution in [2.24, 2.45) is 13.0 Å². The van der Waals surface area contributed by atoms with Crippen molar-refractivity contribution < 1.29 is 4.79 Å². The average molecular weight is 349 g/mol. The Morgan fingerprint density at radius 2 is 2.08 bits per heavy atom. The second-order valence-electron chi connectivity index (χ2n) is 6.73. The molecule has 1 amide bonds. The lowest BCUT2D eigenvalue weighted by Crippen LogP contribution is -2.26. The van der Waals surface area contributed by atoms with Crippen LogP contribution in [-0.2, 0) is 26.7 Å². The molecule has 0 bridgehead atoms. The molecule has 2 aromatic rings. The molecule has 0 N–H and O–H groups in total. The number of nitrogens with zero attached hydrogens (tertiary/aromatic N) is 4. The van der Waals surface area contributed by atoms with Crippen LogP contribution in [0.2, 0.25) is 5.02 Å². The second kappa shape index (κ2) is 6.09. The van der Waals surface area contributed by atoms with E-state index in [1.807, 2.05) is 6.92 Å². The fourth-order valence-electron chi connectivity index (χ4n) is 3.09. The number of pyridine rings is 1. The van der Waals surface area contributed by atoms with Crippen molar-refractivity contribution in [3.8, 4) is 0 Å². The van der Waals surface area contributed by atoms with E-state index < -0.39 is 0 Å². The summed E-state index contributed by atoms with van der Waals surface area (Å²) in [5.74, 6) is 0.382. The van der Waals surface area contributed by atoms with Gasteiger partial charge >= 0.3 is 0 Å². The number of carbonyl (C=O) groups excluding carboxylic acids is 1. The van der Waals surface area contributed by atoms with Gasteiger partial charge in [-0.05, 0) is 24.0 Å². The van der Waals surface area contributed by atoms with Crippen molar-refractivity contribution in [1.29, 1.82) is 0 Å². The molecule has 0 saturated carbocycles. The minimum Gasteiger partial charge on any atom is -0.328 e. The first-order valence-electron chi connectivity index (χ1n) is 7.98. The third-order valence-corrected chi connectivity index (χ3v) is 4.88. The van der Waals surface area contributed by atoms with Crippen LogP contribution in [0.1, 0.15) is 41.0 Å². The van der Waals surface area contributed by atoms with E-state index in [0.29, 0.717) is 24.6 Å². The van der Waals surface area contributed by atoms with Gasteiger partial charge in [-0.25, -0.2) is 0 Å². The van der Waals surface area contributed by atoms with Gasteiger partial charge in [0.1, 0.15) is 5.02 Å². The molecule has 0 saturated heterocycles. The van der Waals surface area contributed by atoms with Gasteiger partial charge in [0.05, 0.1) is 18.3 Å². The quantitative estimate of drug-likeness (QED) is 0.855. The minimum atomic E-state index is -0.216. The molecule has 1 aliphatic heterocycles. The Bertz CT molecular complexity index is 866. The first-order valence-corrected chi connectivity index (χ1v) is 8.36. The highest BCUT2D eigenvalue weighted by Crippen LogP contribution is 2.28. The minimum absolute atomic E-state index is 0.0795. The standard InChI is InChI=1S/C17H21ClN4O2/c1-10(2)6-22-7-12(5-19-22)16(23)21-8-13-11(3)15(18)17(24)20(4)14(13)9-21/h5,7,10H,6,8-9H2,1-4H3. The fraction of sp³-hybridized carbons (Fsp3) is 0.471. The zero-order valence-corrected chi connectivity index (χ0v) is 15.1. The van der Waals surface area contributed by atoms with Crippen LogP contribution in [0.3, 0.4) is 0 Å². The van der Waals surface area contributed by atoms with Gasteiger partial charge in [0.2, 0.25) is 0 Å². The summed E-state index contributed by atoms with van der Waals surface area (Å²) in [4.78, 5) is 26.6. The molecular formula is C17H21ClN4O2. The Morgan fingerprint density at radius 1 is 1.38 bits per heavy atom. The molecule has 0 spiro atoms. The largest absolute Gasteiger partial charge is 0.328 e. The van der Waals surface area contributed by atoms with E-state index in [-0.39, 0.29) is 16.5 Å². The molecular weight excluding hydrogens is 328 g/mol. The highest BCUT2D eigenvalue weighted by Gasteiger charge is 2.29. The van der Waals surface area contributed by atoms with Crippen LogP contribution in [0.5, 0.6) is 0 Å². The Kier molecular flexibility index (Phi) is 4.25. The van der Waals surface area contributed by atoms with Crippen molar-refractivity contribution in [2.75, 3.05) is 0 Å². The van der Waals surface area contributed by atoms with Crippen molar-refractivity contribution in [3.05, 3.63) is 50.2 Å². The third kappa shape index (κ3) is 2.75. The maximum Gasteiger partial charge on any atom is 0.269 e. The molecule has 2 aromatic heterocycles. The van der Waals surface area contributed by atoms with E-state index in [1.165, 1.54) is 0 Å². The summed E-state index contributed by atoms with van der Waals surface area (Å²) < 4.78 is 3.33. The summed E-state index contributed by atoms with van der Waals surface area (Å²) in [6.45, 7) is 7.69. The van der Waals surface area contributed by atoms with Gasteiger partial charge in [-0.3, -0.25) is 14.3 Å². The molecule has 3 heterocycles. The molecule has 7 heteroatoms. The third-order valence-electron chi connectivity index (χ3n) is 4.44. The van der Waals surface area contributed by atoms with E-state index in [1.54, 1.807) is 33.6 Å². The number of hydrogen-bond donors (Lipinski definition) is 0. The van der Waals surface area contributed by atoms with Crippen molar-refractivity contribution in [3.63, 3.8) is 0 Å². The normalized spacial score (nSPS) is 13.7. The summed E-state index contributed by atoms with van der Waals surface area (Å²) in [6, 6.07) is 0. The second-order valence-corrected chi connectivity index (χ2v) is 7.11. The summed E-state index contributed by atoms with van der Waals surface area (Å²) in [5.41, 5.74) is 2.93. The van der Waals surface area contributed by atoms with Gasteiger partial charge in [-0.1, -0.05) is 25.4 Å². The Morgan fingerprint density at radius 3 is 2.75 bits per heavy atom. The van der Waals surface area contributed by atoms with Gasteiger partial charge < -0.3 is 9.47 Å². The maximum absolute atomic E-state index is 12.8. The molecule has 3 rings (SSSR count). The smallest absolute Gasteiger partial charge is 0.269 e. The van der Waals surface area contributed by atoms with E-state index in [0.717, 1.165) is 23.4 Å². The molecule has 0 fully saturated rings. The predicted molar refractivity (Wildman–Crippen MR) is 92.1 cm³/mol. The molecule has 24 heavy (non-hydrogen) atoms. The SMILES string of the molecule is Cc1c2c(n(C)c(=O)c1Cl)CN(C(=O)c1cnn(CC(C)C)c1)C2. The number of amides is 1. The average Bonchev–Trinajstić information content (AvgIpc) is 3.16. The maximum atomic E-state index is 12.8. The zero-order valence-electron chi connectivity index (χ0n) is 14.3. The van der Waals surface area contributed by atoms with Gasteiger partial charge in [-0.15, -0.1) is 0 Å². The molecule has 0 aliphatic carbocycles. The molecule has 0 unspecified atom stereocenters. The summed E-state index contributed by atoms with van der Waals surface area (Å²) >= 11 is 6.11. The van der Waals surface area contributed by atoms with Gasteiger partial charge in [0.15, 0.2) is 0 Å². The Balaban J connectivity index is 1.86. The molecule has 6 nitrogen and oxygen atoms in total. The first kappa shape index (κ1) is 16.8. The summed E-state index contributed by atoms with van der Waals surface area (Å²) in [6.07, 6.45) is 3.39. The van der Waals surface area contributed by atoms with Crippen LogP contribution in [-0.4, -0.2) is 25.2 Å². The van der Waals surface area contributed by atoms with Crippen LogP contribution >= 0.6 is 11.6 Å². The molecule has 0 radical (unpaired) electrons. The van der Waals surface area contributed by atoms with Crippen LogP contribution in [0.4, 0.5) is 0 Å². The molecule has 1 aliphatic rings. The number of hydrogen-bond acceptors (Lipinski definition) is 3. The van der Waals surface area contributed by atoms with E-state index >= 15 is 0 Å². The van der Waals surface area contributed by atoms with E-state index in [2.05, 4.69) is 18.9 Å². The number of halogens is 1. The Hall–Kier alpha value is -2.08. The first-order chi connectivity index (χ1) is 11.3. The lowest BCUT2D eigenvalue weighted by atomic mass is 10.1. The van der Waals surface area contributed by atoms with Gasteiger partial charge in [0.25, 0.3) is 11.5 Å². The lowest BCUT2D eigenvalue weighted by Gasteiger charge is -2.14. The molecule has 0 atom stereocenters. The molecule has 128 valence electrons. The highest BCUT2D eigenvalue weighted by atomic mass is 35.5. The van der Waals surface area contributed by atoms with Crippen LogP contribution < -0.4 is 5.56 Å². The highest BCUT2D eigenvalue weighted by molar-refractivity contribution is 6.31. The van der Waals surface area contributed by atoms with Crippen molar-refractivity contribution in [1.82, 2.24) is 19.2 Å². The predicted octanol–water partition coefficient (Wildman–Crippen LogP) is 2.36. The van der Waals surface area contributed by atoms with Crippen LogP contribution in [0, 0.1) is 12.8 Å². The summed E-state index contributed by atoms with van der Waals surface area (Å²) in [5, 5.41) is 4.49. The van der Waals surface area contributed by atoms with Crippen molar-refractivity contribution >= 4 is 17.5 Å². The van der Waals surface area contributed by atoms with E-state index in [9.17, 15) is 9.59 Å². The fourth-order valence-corrected chi connectivity index (χ4v) is 3.34. The Labute approximate surface area is 145 Å². The monoisotopic (exact) mass is 348 g/mol. The number of carbonyl (C=O) groups is 1. The van der Waals surface area contributed by atoms with E-state index in [4.69, 9.17) is 11.6 Å². The van der Waals surface area contributed by atoms with Crippen LogP contribution in [0.25, 0.3) is 0 Å². The topological polar surface area (TPSA) is 60.1 Å². The van der Waals surface area contributed by atoms with Gasteiger partial charge in [0, 0.05) is 32.0 Å². The summed E-state index contributed by atoms with van der Waals surface area (Å²) in [7, 11) is 1.70. The number of fused-ring (bicyclic) bond motifs is 1. The number of rotatable bonds is 3. The lowest BCUT2D eigenvalue weighted by molar-refractivity contribution is 0.0749. The van der Waals surface area contributed by atoms with Crippen molar-refractivity contribution in [2.45, 2.75) is 40.4 Å². The number of aromatic nitrogens is 3. The van der Waals surface area contributed by atoms with Gasteiger partial charge in [-0.2, -0.15) is 5.10 Å². The molecule has 0 aromatic carbocycles. The zero-order chi connectivity index (χ0) is 17.6. The van der Waals surface area contributed by atoms with Crippen LogP contribution in [0.15, 0.2) is 17.2 Å².